The fraction of sp³-hybridized carbons (Fsp3) is 0.214. The SMILES string of the molecule is CCC1SC(c2cncs2)=[C]N1c1ccccc1. The molecule has 1 aliphatic rings. The molecule has 1 aromatic heterocycles. The van der Waals surface area contributed by atoms with Crippen LogP contribution in [0.15, 0.2) is 42.0 Å². The van der Waals surface area contributed by atoms with Gasteiger partial charge in [-0.2, -0.15) is 0 Å². The second-order valence-corrected chi connectivity index (χ2v) is 6.07. The molecule has 0 bridgehead atoms. The highest BCUT2D eigenvalue weighted by Gasteiger charge is 2.27. The van der Waals surface area contributed by atoms with E-state index in [9.17, 15) is 0 Å². The standard InChI is InChI=1S/C14H13N2S2/c1-2-14-16(11-6-4-3-5-7-11)9-13(18-14)12-8-15-10-17-12/h3-8,10,14H,2H2,1H3. The largest absolute Gasteiger partial charge is 0.326 e. The highest BCUT2D eigenvalue weighted by molar-refractivity contribution is 8.09. The van der Waals surface area contributed by atoms with E-state index in [-0.39, 0.29) is 0 Å². The first kappa shape index (κ1) is 11.8. The van der Waals surface area contributed by atoms with Gasteiger partial charge in [0, 0.05) is 11.9 Å². The minimum atomic E-state index is 0.435. The molecule has 2 heterocycles. The summed E-state index contributed by atoms with van der Waals surface area (Å²) in [5.41, 5.74) is 3.08. The Hall–Kier alpha value is -1.26. The molecule has 0 aliphatic carbocycles. The van der Waals surface area contributed by atoms with E-state index in [1.54, 1.807) is 11.3 Å². The number of rotatable bonds is 3. The van der Waals surface area contributed by atoms with E-state index in [1.165, 1.54) is 15.5 Å². The van der Waals surface area contributed by atoms with Crippen LogP contribution in [0.2, 0.25) is 0 Å². The summed E-state index contributed by atoms with van der Waals surface area (Å²) in [6.07, 6.45) is 6.50. The van der Waals surface area contributed by atoms with Crippen LogP contribution in [-0.2, 0) is 0 Å². The van der Waals surface area contributed by atoms with Crippen molar-refractivity contribution in [2.75, 3.05) is 4.90 Å². The molecule has 1 aromatic carbocycles. The van der Waals surface area contributed by atoms with Crippen LogP contribution < -0.4 is 4.90 Å². The van der Waals surface area contributed by atoms with Gasteiger partial charge in [0.15, 0.2) is 0 Å². The van der Waals surface area contributed by atoms with Crippen molar-refractivity contribution >= 4 is 33.7 Å². The average molecular weight is 273 g/mol. The Balaban J connectivity index is 1.93. The number of thiazole rings is 1. The molecule has 2 nitrogen and oxygen atoms in total. The van der Waals surface area contributed by atoms with Crippen molar-refractivity contribution in [2.24, 2.45) is 0 Å². The molecule has 1 radical (unpaired) electrons. The lowest BCUT2D eigenvalue weighted by atomic mass is 10.3. The predicted molar refractivity (Wildman–Crippen MR) is 79.4 cm³/mol. The maximum Gasteiger partial charge on any atom is 0.0845 e. The number of benzene rings is 1. The fourth-order valence-electron chi connectivity index (χ4n) is 1.92. The molecular formula is C14H13N2S2. The number of nitrogens with zero attached hydrogens (tertiary/aromatic N) is 2. The highest BCUT2D eigenvalue weighted by atomic mass is 32.2. The van der Waals surface area contributed by atoms with Crippen molar-refractivity contribution in [3.8, 4) is 0 Å². The Morgan fingerprint density at radius 2 is 2.17 bits per heavy atom. The molecule has 0 saturated heterocycles. The lowest BCUT2D eigenvalue weighted by Gasteiger charge is -2.22. The van der Waals surface area contributed by atoms with Crippen molar-refractivity contribution in [3.05, 3.63) is 53.1 Å². The Morgan fingerprint density at radius 1 is 1.33 bits per heavy atom. The molecule has 0 fully saturated rings. The molecule has 0 N–H and O–H groups in total. The third kappa shape index (κ3) is 2.18. The second kappa shape index (κ2) is 5.16. The zero-order valence-electron chi connectivity index (χ0n) is 10.0. The molecule has 18 heavy (non-hydrogen) atoms. The molecule has 4 heteroatoms. The number of hydrogen-bond acceptors (Lipinski definition) is 4. The van der Waals surface area contributed by atoms with Crippen LogP contribution in [0.4, 0.5) is 5.69 Å². The number of anilines is 1. The summed E-state index contributed by atoms with van der Waals surface area (Å²) in [6, 6.07) is 10.4. The monoisotopic (exact) mass is 273 g/mol. The van der Waals surface area contributed by atoms with Crippen molar-refractivity contribution in [3.63, 3.8) is 0 Å². The normalized spacial score (nSPS) is 19.1. The highest BCUT2D eigenvalue weighted by Crippen LogP contribution is 2.43. The van der Waals surface area contributed by atoms with Gasteiger partial charge in [0.05, 0.1) is 26.9 Å². The summed E-state index contributed by atoms with van der Waals surface area (Å²) in [5, 5.41) is 0.435. The van der Waals surface area contributed by atoms with Crippen LogP contribution in [0.3, 0.4) is 0 Å². The van der Waals surface area contributed by atoms with E-state index in [2.05, 4.69) is 47.3 Å². The van der Waals surface area contributed by atoms with Crippen LogP contribution in [0, 0.1) is 6.20 Å². The minimum Gasteiger partial charge on any atom is -0.326 e. The summed E-state index contributed by atoms with van der Waals surface area (Å²) in [5.74, 6) is 0. The van der Waals surface area contributed by atoms with Gasteiger partial charge in [-0.05, 0) is 18.6 Å². The molecule has 3 rings (SSSR count). The average Bonchev–Trinajstić information content (AvgIpc) is 3.08. The van der Waals surface area contributed by atoms with Gasteiger partial charge in [-0.25, -0.2) is 0 Å². The topological polar surface area (TPSA) is 16.1 Å². The van der Waals surface area contributed by atoms with Gasteiger partial charge in [-0.15, -0.1) is 11.3 Å². The van der Waals surface area contributed by atoms with Crippen LogP contribution >= 0.6 is 23.1 Å². The van der Waals surface area contributed by atoms with Gasteiger partial charge in [-0.3, -0.25) is 4.98 Å². The van der Waals surface area contributed by atoms with Gasteiger partial charge in [-0.1, -0.05) is 36.9 Å². The smallest absolute Gasteiger partial charge is 0.0845 e. The first-order valence-electron chi connectivity index (χ1n) is 5.92. The molecule has 1 unspecified atom stereocenters. The van der Waals surface area contributed by atoms with Crippen molar-refractivity contribution in [2.45, 2.75) is 18.7 Å². The summed E-state index contributed by atoms with van der Waals surface area (Å²) < 4.78 is 0. The van der Waals surface area contributed by atoms with E-state index < -0.39 is 0 Å². The third-order valence-electron chi connectivity index (χ3n) is 2.80. The maximum atomic E-state index is 4.14. The minimum absolute atomic E-state index is 0.435. The van der Waals surface area contributed by atoms with Crippen molar-refractivity contribution in [1.29, 1.82) is 0 Å². The number of thioether (sulfide) groups is 1. The van der Waals surface area contributed by atoms with Crippen LogP contribution in [-0.4, -0.2) is 10.4 Å². The van der Waals surface area contributed by atoms with Crippen LogP contribution in [0.1, 0.15) is 18.2 Å². The molecule has 0 amide bonds. The van der Waals surface area contributed by atoms with Gasteiger partial charge in [0.2, 0.25) is 0 Å². The van der Waals surface area contributed by atoms with E-state index in [0.29, 0.717) is 5.37 Å². The molecular weight excluding hydrogens is 260 g/mol. The van der Waals surface area contributed by atoms with Crippen LogP contribution in [0.25, 0.3) is 4.91 Å². The summed E-state index contributed by atoms with van der Waals surface area (Å²) in [7, 11) is 0. The summed E-state index contributed by atoms with van der Waals surface area (Å²) in [6.45, 7) is 2.21. The first-order valence-corrected chi connectivity index (χ1v) is 7.68. The number of aromatic nitrogens is 1. The third-order valence-corrected chi connectivity index (χ3v) is 5.09. The molecule has 1 atom stereocenters. The lowest BCUT2D eigenvalue weighted by Crippen LogP contribution is -2.23. The Kier molecular flexibility index (Phi) is 3.39. The molecule has 0 saturated carbocycles. The summed E-state index contributed by atoms with van der Waals surface area (Å²) in [4.78, 5) is 8.78. The van der Waals surface area contributed by atoms with Gasteiger partial charge in [0.25, 0.3) is 0 Å². The number of para-hydroxylation sites is 1. The van der Waals surface area contributed by atoms with Crippen LogP contribution in [0.5, 0.6) is 0 Å². The Labute approximate surface area is 115 Å². The van der Waals surface area contributed by atoms with E-state index in [4.69, 9.17) is 0 Å². The maximum absolute atomic E-state index is 4.14. The quantitative estimate of drug-likeness (QED) is 0.832. The molecule has 2 aromatic rings. The lowest BCUT2D eigenvalue weighted by molar-refractivity contribution is 0.825. The second-order valence-electron chi connectivity index (χ2n) is 3.99. The molecule has 91 valence electrons. The molecule has 1 aliphatic heterocycles. The van der Waals surface area contributed by atoms with Crippen molar-refractivity contribution in [1.82, 2.24) is 4.98 Å². The van der Waals surface area contributed by atoms with E-state index >= 15 is 0 Å². The van der Waals surface area contributed by atoms with Gasteiger partial charge in [0.1, 0.15) is 0 Å². The zero-order valence-corrected chi connectivity index (χ0v) is 11.7. The Bertz CT molecular complexity index is 534. The number of hydrogen-bond donors (Lipinski definition) is 0. The fourth-order valence-corrected chi connectivity index (χ4v) is 3.76. The Morgan fingerprint density at radius 3 is 2.83 bits per heavy atom. The van der Waals surface area contributed by atoms with E-state index in [1.807, 2.05) is 29.5 Å². The predicted octanol–water partition coefficient (Wildman–Crippen LogP) is 4.23. The van der Waals surface area contributed by atoms with Gasteiger partial charge < -0.3 is 4.90 Å². The van der Waals surface area contributed by atoms with Crippen molar-refractivity contribution < 1.29 is 0 Å². The molecule has 0 spiro atoms. The van der Waals surface area contributed by atoms with Gasteiger partial charge >= 0.3 is 0 Å². The van der Waals surface area contributed by atoms with E-state index in [0.717, 1.165) is 6.42 Å². The summed E-state index contributed by atoms with van der Waals surface area (Å²) >= 11 is 3.55. The first-order chi connectivity index (χ1) is 8.88. The zero-order chi connectivity index (χ0) is 12.4.